The van der Waals surface area contributed by atoms with Gasteiger partial charge in [0, 0.05) is 18.5 Å². The highest BCUT2D eigenvalue weighted by Crippen LogP contribution is 2.23. The topological polar surface area (TPSA) is 38.1 Å². The van der Waals surface area contributed by atoms with Gasteiger partial charge in [0.15, 0.2) is 0 Å². The lowest BCUT2D eigenvalue weighted by atomic mass is 10.1. The summed E-state index contributed by atoms with van der Waals surface area (Å²) in [6, 6.07) is 1.94. The Labute approximate surface area is 73.3 Å². The number of nitrogens with zero attached hydrogens (tertiary/aromatic N) is 1. The van der Waals surface area contributed by atoms with Crippen molar-refractivity contribution in [3.8, 4) is 0 Å². The lowest BCUT2D eigenvalue weighted by molar-refractivity contribution is 0.388. The van der Waals surface area contributed by atoms with Crippen molar-refractivity contribution in [3.63, 3.8) is 0 Å². The molecule has 60 valence electrons. The third kappa shape index (κ3) is 1.46. The van der Waals surface area contributed by atoms with E-state index in [1.54, 1.807) is 0 Å². The summed E-state index contributed by atoms with van der Waals surface area (Å²) in [6.07, 6.45) is 1.17. The Kier molecular flexibility index (Phi) is 1.96. The number of hydrogen-bond acceptors (Lipinski definition) is 3. The predicted octanol–water partition coefficient (Wildman–Crippen LogP) is 1.51. The SMILES string of the molecule is Brc1cc(C2CCNC2)no1. The van der Waals surface area contributed by atoms with E-state index in [2.05, 4.69) is 26.4 Å². The summed E-state index contributed by atoms with van der Waals surface area (Å²) in [5.74, 6) is 0.546. The lowest BCUT2D eigenvalue weighted by Gasteiger charge is -1.99. The van der Waals surface area contributed by atoms with Crippen LogP contribution in [0.4, 0.5) is 0 Å². The van der Waals surface area contributed by atoms with Crippen LogP contribution in [-0.4, -0.2) is 18.2 Å². The van der Waals surface area contributed by atoms with Crippen molar-refractivity contribution in [1.82, 2.24) is 10.5 Å². The van der Waals surface area contributed by atoms with E-state index in [0.29, 0.717) is 5.92 Å². The fraction of sp³-hybridized carbons (Fsp3) is 0.571. The Morgan fingerprint density at radius 3 is 3.18 bits per heavy atom. The molecule has 0 radical (unpaired) electrons. The molecule has 1 aliphatic rings. The largest absolute Gasteiger partial charge is 0.349 e. The second-order valence-corrected chi connectivity index (χ2v) is 3.53. The summed E-state index contributed by atoms with van der Waals surface area (Å²) in [6.45, 7) is 2.12. The summed E-state index contributed by atoms with van der Waals surface area (Å²) in [5.41, 5.74) is 1.06. The number of nitrogens with one attached hydrogen (secondary N) is 1. The first-order chi connectivity index (χ1) is 5.36. The molecule has 0 saturated carbocycles. The Bertz CT molecular complexity index is 242. The van der Waals surface area contributed by atoms with Crippen LogP contribution in [-0.2, 0) is 0 Å². The summed E-state index contributed by atoms with van der Waals surface area (Å²) >= 11 is 3.23. The summed E-state index contributed by atoms with van der Waals surface area (Å²) in [7, 11) is 0. The molecule has 1 saturated heterocycles. The molecular formula is C7H9BrN2O. The van der Waals surface area contributed by atoms with E-state index >= 15 is 0 Å². The van der Waals surface area contributed by atoms with Gasteiger partial charge in [-0.15, -0.1) is 0 Å². The van der Waals surface area contributed by atoms with E-state index in [-0.39, 0.29) is 0 Å². The van der Waals surface area contributed by atoms with Crippen molar-refractivity contribution in [3.05, 3.63) is 16.4 Å². The average molecular weight is 217 g/mol. The van der Waals surface area contributed by atoms with Crippen molar-refractivity contribution in [1.29, 1.82) is 0 Å². The van der Waals surface area contributed by atoms with Gasteiger partial charge >= 0.3 is 0 Å². The van der Waals surface area contributed by atoms with E-state index in [9.17, 15) is 0 Å². The molecule has 1 atom stereocenters. The Hall–Kier alpha value is -0.350. The van der Waals surface area contributed by atoms with Crippen molar-refractivity contribution in [2.75, 3.05) is 13.1 Å². The number of rotatable bonds is 1. The minimum absolute atomic E-state index is 0.546. The Morgan fingerprint density at radius 2 is 2.64 bits per heavy atom. The van der Waals surface area contributed by atoms with Gasteiger partial charge in [-0.2, -0.15) is 0 Å². The standard InChI is InChI=1S/C7H9BrN2O/c8-7-3-6(10-11-7)5-1-2-9-4-5/h3,5,9H,1-2,4H2. The van der Waals surface area contributed by atoms with Crippen molar-refractivity contribution < 1.29 is 4.52 Å². The van der Waals surface area contributed by atoms with Crippen LogP contribution in [0, 0.1) is 0 Å². The molecule has 4 heteroatoms. The first-order valence-corrected chi connectivity index (χ1v) is 4.48. The second-order valence-electron chi connectivity index (χ2n) is 2.75. The summed E-state index contributed by atoms with van der Waals surface area (Å²) in [4.78, 5) is 0. The van der Waals surface area contributed by atoms with Crippen LogP contribution >= 0.6 is 15.9 Å². The van der Waals surface area contributed by atoms with Crippen LogP contribution in [0.5, 0.6) is 0 Å². The third-order valence-corrected chi connectivity index (χ3v) is 2.35. The molecule has 0 aliphatic carbocycles. The van der Waals surface area contributed by atoms with E-state index < -0.39 is 0 Å². The fourth-order valence-electron chi connectivity index (χ4n) is 1.36. The van der Waals surface area contributed by atoms with Gasteiger partial charge in [-0.1, -0.05) is 5.16 Å². The molecule has 1 N–H and O–H groups in total. The number of halogens is 1. The van der Waals surface area contributed by atoms with E-state index in [1.807, 2.05) is 6.07 Å². The zero-order valence-electron chi connectivity index (χ0n) is 6.01. The van der Waals surface area contributed by atoms with Gasteiger partial charge in [0.25, 0.3) is 0 Å². The Morgan fingerprint density at radius 1 is 1.73 bits per heavy atom. The quantitative estimate of drug-likeness (QED) is 0.774. The molecule has 2 heterocycles. The Balaban J connectivity index is 2.15. The molecule has 0 spiro atoms. The van der Waals surface area contributed by atoms with Crippen molar-refractivity contribution in [2.45, 2.75) is 12.3 Å². The van der Waals surface area contributed by atoms with Crippen molar-refractivity contribution in [2.24, 2.45) is 0 Å². The minimum atomic E-state index is 0.546. The maximum absolute atomic E-state index is 4.92. The van der Waals surface area contributed by atoms with Gasteiger partial charge in [-0.25, -0.2) is 0 Å². The molecule has 1 unspecified atom stereocenters. The molecule has 1 aromatic heterocycles. The van der Waals surface area contributed by atoms with E-state index in [0.717, 1.165) is 23.5 Å². The molecule has 1 aromatic rings. The van der Waals surface area contributed by atoms with Crippen LogP contribution in [0.15, 0.2) is 15.3 Å². The van der Waals surface area contributed by atoms with E-state index in [1.165, 1.54) is 6.42 Å². The predicted molar refractivity (Wildman–Crippen MR) is 44.4 cm³/mol. The van der Waals surface area contributed by atoms with Crippen LogP contribution in [0.2, 0.25) is 0 Å². The van der Waals surface area contributed by atoms with Gasteiger partial charge in [0.05, 0.1) is 5.69 Å². The average Bonchev–Trinajstić information content (AvgIpc) is 2.55. The van der Waals surface area contributed by atoms with E-state index in [4.69, 9.17) is 4.52 Å². The zero-order valence-corrected chi connectivity index (χ0v) is 7.60. The first-order valence-electron chi connectivity index (χ1n) is 3.69. The highest BCUT2D eigenvalue weighted by atomic mass is 79.9. The minimum Gasteiger partial charge on any atom is -0.349 e. The molecule has 0 bridgehead atoms. The van der Waals surface area contributed by atoms with Gasteiger partial charge in [-0.05, 0) is 28.9 Å². The summed E-state index contributed by atoms with van der Waals surface area (Å²) < 4.78 is 5.64. The zero-order chi connectivity index (χ0) is 7.68. The van der Waals surface area contributed by atoms with Gasteiger partial charge < -0.3 is 9.84 Å². The van der Waals surface area contributed by atoms with Crippen molar-refractivity contribution >= 4 is 15.9 Å². The monoisotopic (exact) mass is 216 g/mol. The molecule has 11 heavy (non-hydrogen) atoms. The first kappa shape index (κ1) is 7.31. The maximum Gasteiger partial charge on any atom is 0.202 e. The van der Waals surface area contributed by atoms with Gasteiger partial charge in [0.1, 0.15) is 0 Å². The van der Waals surface area contributed by atoms with Crippen LogP contribution < -0.4 is 5.32 Å². The highest BCUT2D eigenvalue weighted by molar-refractivity contribution is 9.10. The summed E-state index contributed by atoms with van der Waals surface area (Å²) in [5, 5.41) is 7.22. The second kappa shape index (κ2) is 2.95. The van der Waals surface area contributed by atoms with Gasteiger partial charge in [0.2, 0.25) is 4.67 Å². The molecule has 1 aliphatic heterocycles. The number of hydrogen-bond donors (Lipinski definition) is 1. The fourth-order valence-corrected chi connectivity index (χ4v) is 1.67. The lowest BCUT2D eigenvalue weighted by Crippen LogP contribution is -2.07. The molecule has 0 amide bonds. The van der Waals surface area contributed by atoms with Crippen LogP contribution in [0.25, 0.3) is 0 Å². The highest BCUT2D eigenvalue weighted by Gasteiger charge is 2.19. The third-order valence-electron chi connectivity index (χ3n) is 1.98. The molecule has 1 fully saturated rings. The smallest absolute Gasteiger partial charge is 0.202 e. The van der Waals surface area contributed by atoms with Gasteiger partial charge in [-0.3, -0.25) is 0 Å². The number of aromatic nitrogens is 1. The molecule has 0 aromatic carbocycles. The molecule has 2 rings (SSSR count). The molecular weight excluding hydrogens is 208 g/mol. The maximum atomic E-state index is 4.92. The normalized spacial score (nSPS) is 24.3. The van der Waals surface area contributed by atoms with Crippen LogP contribution in [0.3, 0.4) is 0 Å². The molecule has 3 nitrogen and oxygen atoms in total. The van der Waals surface area contributed by atoms with Crippen LogP contribution in [0.1, 0.15) is 18.0 Å².